The van der Waals surface area contributed by atoms with Gasteiger partial charge in [0.25, 0.3) is 5.91 Å². The number of para-hydroxylation sites is 1. The van der Waals surface area contributed by atoms with E-state index in [0.29, 0.717) is 22.4 Å². The highest BCUT2D eigenvalue weighted by molar-refractivity contribution is 6.34. The first-order chi connectivity index (χ1) is 13.4. The van der Waals surface area contributed by atoms with E-state index in [0.717, 1.165) is 35.5 Å². The van der Waals surface area contributed by atoms with Crippen LogP contribution in [0.15, 0.2) is 42.5 Å². The molecule has 0 atom stereocenters. The number of hydrogen-bond donors (Lipinski definition) is 1. The van der Waals surface area contributed by atoms with Gasteiger partial charge in [0.05, 0.1) is 10.7 Å². The molecule has 2 aromatic carbocycles. The Hall–Kier alpha value is -2.92. The molecule has 0 bridgehead atoms. The molecule has 28 heavy (non-hydrogen) atoms. The number of aromatic nitrogens is 2. The van der Waals surface area contributed by atoms with Crippen molar-refractivity contribution in [1.82, 2.24) is 9.97 Å². The number of fused-ring (bicyclic) bond motifs is 1. The number of hydrogen-bond acceptors (Lipinski definition) is 4. The van der Waals surface area contributed by atoms with E-state index in [1.165, 1.54) is 5.56 Å². The highest BCUT2D eigenvalue weighted by Crippen LogP contribution is 2.33. The summed E-state index contributed by atoms with van der Waals surface area (Å²) >= 11 is 6.33. The number of carbonyl (C=O) groups is 1. The van der Waals surface area contributed by atoms with E-state index >= 15 is 0 Å². The fourth-order valence-corrected chi connectivity index (χ4v) is 3.96. The summed E-state index contributed by atoms with van der Waals surface area (Å²) in [6.45, 7) is 6.56. The zero-order valence-electron chi connectivity index (χ0n) is 16.1. The zero-order chi connectivity index (χ0) is 19.8. The van der Waals surface area contributed by atoms with E-state index in [2.05, 4.69) is 32.3 Å². The molecule has 1 aliphatic rings. The fraction of sp³-hybridized carbons (Fsp3) is 0.227. The Morgan fingerprint density at radius 3 is 2.68 bits per heavy atom. The molecule has 3 aromatic rings. The maximum atomic E-state index is 12.9. The van der Waals surface area contributed by atoms with E-state index in [1.807, 2.05) is 45.0 Å². The first-order valence-electron chi connectivity index (χ1n) is 9.21. The van der Waals surface area contributed by atoms with E-state index in [9.17, 15) is 4.79 Å². The van der Waals surface area contributed by atoms with Crippen molar-refractivity contribution in [3.8, 4) is 0 Å². The van der Waals surface area contributed by atoms with Crippen molar-refractivity contribution in [3.05, 3.63) is 75.6 Å². The van der Waals surface area contributed by atoms with Gasteiger partial charge in [0, 0.05) is 17.9 Å². The monoisotopic (exact) mass is 392 g/mol. The number of anilines is 3. The SMILES string of the molecule is Cc1cc(C)c(NC(=O)c2cc(C)nc(N3CCc4ccccc43)n2)c(Cl)c1. The molecule has 1 aliphatic heterocycles. The third-order valence-corrected chi connectivity index (χ3v) is 5.17. The Bertz CT molecular complexity index is 1060. The van der Waals surface area contributed by atoms with Gasteiger partial charge in [0.2, 0.25) is 5.95 Å². The van der Waals surface area contributed by atoms with Crippen molar-refractivity contribution in [3.63, 3.8) is 0 Å². The Morgan fingerprint density at radius 2 is 1.89 bits per heavy atom. The van der Waals surface area contributed by atoms with Gasteiger partial charge in [-0.2, -0.15) is 0 Å². The van der Waals surface area contributed by atoms with E-state index in [-0.39, 0.29) is 5.91 Å². The molecule has 0 unspecified atom stereocenters. The molecule has 0 aliphatic carbocycles. The van der Waals surface area contributed by atoms with Crippen molar-refractivity contribution in [1.29, 1.82) is 0 Å². The van der Waals surface area contributed by atoms with Gasteiger partial charge in [0.15, 0.2) is 0 Å². The van der Waals surface area contributed by atoms with Crippen LogP contribution < -0.4 is 10.2 Å². The number of nitrogens with zero attached hydrogens (tertiary/aromatic N) is 3. The second kappa shape index (κ2) is 7.24. The van der Waals surface area contributed by atoms with Crippen LogP contribution >= 0.6 is 11.6 Å². The average Bonchev–Trinajstić information content (AvgIpc) is 3.08. The maximum absolute atomic E-state index is 12.9. The Labute approximate surface area is 169 Å². The van der Waals surface area contributed by atoms with E-state index < -0.39 is 0 Å². The summed E-state index contributed by atoms with van der Waals surface area (Å²) in [6, 6.07) is 13.7. The van der Waals surface area contributed by atoms with Gasteiger partial charge in [-0.25, -0.2) is 9.97 Å². The first kappa shape index (κ1) is 18.4. The molecule has 1 N–H and O–H groups in total. The summed E-state index contributed by atoms with van der Waals surface area (Å²) < 4.78 is 0. The summed E-state index contributed by atoms with van der Waals surface area (Å²) in [5, 5.41) is 3.43. The van der Waals surface area contributed by atoms with Crippen LogP contribution in [0.4, 0.5) is 17.3 Å². The zero-order valence-corrected chi connectivity index (χ0v) is 16.8. The van der Waals surface area contributed by atoms with Gasteiger partial charge < -0.3 is 10.2 Å². The molecule has 142 valence electrons. The summed E-state index contributed by atoms with van der Waals surface area (Å²) in [5.41, 5.74) is 6.00. The van der Waals surface area contributed by atoms with Crippen molar-refractivity contribution in [2.45, 2.75) is 27.2 Å². The number of aryl methyl sites for hydroxylation is 3. The van der Waals surface area contributed by atoms with Gasteiger partial charge in [-0.15, -0.1) is 0 Å². The molecule has 1 amide bonds. The number of benzene rings is 2. The maximum Gasteiger partial charge on any atom is 0.274 e. The van der Waals surface area contributed by atoms with Gasteiger partial charge in [-0.05, 0) is 62.1 Å². The van der Waals surface area contributed by atoms with Gasteiger partial charge in [-0.1, -0.05) is 35.9 Å². The van der Waals surface area contributed by atoms with Crippen LogP contribution in [-0.4, -0.2) is 22.4 Å². The lowest BCUT2D eigenvalue weighted by Crippen LogP contribution is -2.21. The largest absolute Gasteiger partial charge is 0.319 e. The molecule has 5 nitrogen and oxygen atoms in total. The van der Waals surface area contributed by atoms with Crippen LogP contribution in [-0.2, 0) is 6.42 Å². The lowest BCUT2D eigenvalue weighted by atomic mass is 10.1. The minimum Gasteiger partial charge on any atom is -0.319 e. The van der Waals surface area contributed by atoms with Crippen LogP contribution in [0.5, 0.6) is 0 Å². The molecule has 0 saturated carbocycles. The number of carbonyl (C=O) groups excluding carboxylic acids is 1. The third-order valence-electron chi connectivity index (χ3n) is 4.87. The highest BCUT2D eigenvalue weighted by Gasteiger charge is 2.23. The van der Waals surface area contributed by atoms with Crippen molar-refractivity contribution in [2.24, 2.45) is 0 Å². The molecule has 2 heterocycles. The van der Waals surface area contributed by atoms with Crippen LogP contribution in [0.3, 0.4) is 0 Å². The smallest absolute Gasteiger partial charge is 0.274 e. The van der Waals surface area contributed by atoms with Crippen LogP contribution in [0, 0.1) is 20.8 Å². The Balaban J connectivity index is 1.66. The van der Waals surface area contributed by atoms with Crippen LogP contribution in [0.1, 0.15) is 32.9 Å². The lowest BCUT2D eigenvalue weighted by Gasteiger charge is -2.18. The molecular weight excluding hydrogens is 372 g/mol. The molecule has 6 heteroatoms. The number of halogens is 1. The summed E-state index contributed by atoms with van der Waals surface area (Å²) in [6.07, 6.45) is 0.938. The number of amides is 1. The van der Waals surface area contributed by atoms with Gasteiger partial charge >= 0.3 is 0 Å². The minimum absolute atomic E-state index is 0.298. The summed E-state index contributed by atoms with van der Waals surface area (Å²) in [7, 11) is 0. The standard InChI is InChI=1S/C22H21ClN4O/c1-13-10-14(2)20(17(23)11-13)26-21(28)18-12-15(3)24-22(25-18)27-9-8-16-6-4-5-7-19(16)27/h4-7,10-12H,8-9H2,1-3H3,(H,26,28). The topological polar surface area (TPSA) is 58.1 Å². The van der Waals surface area contributed by atoms with Crippen molar-refractivity contribution < 1.29 is 4.79 Å². The van der Waals surface area contributed by atoms with Crippen molar-refractivity contribution >= 4 is 34.8 Å². The predicted molar refractivity (Wildman–Crippen MR) is 113 cm³/mol. The van der Waals surface area contributed by atoms with Crippen LogP contribution in [0.25, 0.3) is 0 Å². The summed E-state index contributed by atoms with van der Waals surface area (Å²) in [4.78, 5) is 24.1. The molecule has 0 spiro atoms. The molecule has 4 rings (SSSR count). The molecular formula is C22H21ClN4O. The highest BCUT2D eigenvalue weighted by atomic mass is 35.5. The fourth-order valence-electron chi connectivity index (χ4n) is 3.59. The quantitative estimate of drug-likeness (QED) is 0.681. The Kier molecular flexibility index (Phi) is 4.77. The summed E-state index contributed by atoms with van der Waals surface area (Å²) in [5.74, 6) is 0.245. The Morgan fingerprint density at radius 1 is 1.11 bits per heavy atom. The molecule has 0 fully saturated rings. The van der Waals surface area contributed by atoms with Crippen molar-refractivity contribution in [2.75, 3.05) is 16.8 Å². The molecule has 1 aromatic heterocycles. The van der Waals surface area contributed by atoms with E-state index in [4.69, 9.17) is 11.6 Å². The second-order valence-corrected chi connectivity index (χ2v) is 7.52. The van der Waals surface area contributed by atoms with E-state index in [1.54, 1.807) is 6.07 Å². The second-order valence-electron chi connectivity index (χ2n) is 7.12. The lowest BCUT2D eigenvalue weighted by molar-refractivity contribution is 0.102. The molecule has 0 radical (unpaired) electrons. The number of nitrogens with one attached hydrogen (secondary N) is 1. The normalized spacial score (nSPS) is 12.8. The van der Waals surface area contributed by atoms with Gasteiger partial charge in [-0.3, -0.25) is 4.79 Å². The predicted octanol–water partition coefficient (Wildman–Crippen LogP) is 5.00. The minimum atomic E-state index is -0.298. The van der Waals surface area contributed by atoms with Gasteiger partial charge in [0.1, 0.15) is 5.69 Å². The first-order valence-corrected chi connectivity index (χ1v) is 9.59. The number of rotatable bonds is 3. The average molecular weight is 393 g/mol. The third kappa shape index (κ3) is 3.45. The molecule has 0 saturated heterocycles. The van der Waals surface area contributed by atoms with Crippen LogP contribution in [0.2, 0.25) is 5.02 Å².